The molecule has 6 heteroatoms. The Hall–Kier alpha value is -1.92. The van der Waals surface area contributed by atoms with E-state index in [4.69, 9.17) is 0 Å². The van der Waals surface area contributed by atoms with E-state index < -0.39 is 0 Å². The molecule has 1 N–H and O–H groups in total. The third-order valence-corrected chi connectivity index (χ3v) is 7.00. The van der Waals surface area contributed by atoms with Gasteiger partial charge in [0, 0.05) is 40.8 Å². The summed E-state index contributed by atoms with van der Waals surface area (Å²) in [6.45, 7) is 4.25. The average Bonchev–Trinajstić information content (AvgIpc) is 3.27. The largest absolute Gasteiger partial charge is 0.351 e. The van der Waals surface area contributed by atoms with Crippen molar-refractivity contribution in [2.45, 2.75) is 19.8 Å². The molecule has 2 amide bonds. The van der Waals surface area contributed by atoms with Crippen LogP contribution in [0.4, 0.5) is 0 Å². The molecule has 4 rings (SSSR count). The third-order valence-electron chi connectivity index (χ3n) is 4.59. The molecule has 1 atom stereocenters. The van der Waals surface area contributed by atoms with E-state index >= 15 is 0 Å². The first-order valence-corrected chi connectivity index (χ1v) is 10.2. The highest BCUT2D eigenvalue weighted by Gasteiger charge is 2.22. The lowest BCUT2D eigenvalue weighted by atomic mass is 10.1. The highest BCUT2D eigenvalue weighted by molar-refractivity contribution is 7.33. The second kappa shape index (κ2) is 6.77. The summed E-state index contributed by atoms with van der Waals surface area (Å²) in [4.78, 5) is 26.8. The molecule has 4 nitrogen and oxygen atoms in total. The summed E-state index contributed by atoms with van der Waals surface area (Å²) >= 11 is 3.29. The number of nitrogens with zero attached hydrogens (tertiary/aromatic N) is 1. The zero-order valence-corrected chi connectivity index (χ0v) is 15.7. The number of hydrogen-bond donors (Lipinski definition) is 1. The summed E-state index contributed by atoms with van der Waals surface area (Å²) in [7, 11) is 0. The molecule has 2 aromatic heterocycles. The van der Waals surface area contributed by atoms with E-state index in [0.29, 0.717) is 13.0 Å². The number of rotatable bonds is 5. The lowest BCUT2D eigenvalue weighted by molar-refractivity contribution is -0.128. The SMILES string of the molecule is C[C@@H](CNC(=O)c1cc2sc3ccccc3c2s1)CN1CCCC1=O. The van der Waals surface area contributed by atoms with E-state index in [1.807, 2.05) is 23.1 Å². The number of fused-ring (bicyclic) bond motifs is 3. The molecular formula is C19H20N2O2S2. The fourth-order valence-corrected chi connectivity index (χ4v) is 5.74. The van der Waals surface area contributed by atoms with Crippen LogP contribution in [0.5, 0.6) is 0 Å². The predicted octanol–water partition coefficient (Wildman–Crippen LogP) is 4.10. The van der Waals surface area contributed by atoms with Crippen molar-refractivity contribution >= 4 is 54.0 Å². The predicted molar refractivity (Wildman–Crippen MR) is 105 cm³/mol. The normalized spacial score (nSPS) is 16.0. The summed E-state index contributed by atoms with van der Waals surface area (Å²) in [5, 5.41) is 4.25. The minimum atomic E-state index is -0.0166. The minimum absolute atomic E-state index is 0.0166. The summed E-state index contributed by atoms with van der Waals surface area (Å²) in [5.74, 6) is 0.480. The van der Waals surface area contributed by atoms with Crippen LogP contribution in [0.2, 0.25) is 0 Å². The molecule has 0 spiro atoms. The molecule has 0 radical (unpaired) electrons. The lowest BCUT2D eigenvalue weighted by Gasteiger charge is -2.20. The van der Waals surface area contributed by atoms with Crippen LogP contribution in [0.1, 0.15) is 29.4 Å². The van der Waals surface area contributed by atoms with Crippen LogP contribution in [0.3, 0.4) is 0 Å². The van der Waals surface area contributed by atoms with Gasteiger partial charge in [0.1, 0.15) is 0 Å². The maximum Gasteiger partial charge on any atom is 0.261 e. The molecule has 3 heterocycles. The number of hydrogen-bond acceptors (Lipinski definition) is 4. The van der Waals surface area contributed by atoms with E-state index in [2.05, 4.69) is 24.4 Å². The molecule has 1 fully saturated rings. The van der Waals surface area contributed by atoms with Crippen molar-refractivity contribution in [1.29, 1.82) is 0 Å². The third kappa shape index (κ3) is 3.28. The molecular weight excluding hydrogens is 352 g/mol. The van der Waals surface area contributed by atoms with Crippen LogP contribution in [0.25, 0.3) is 19.5 Å². The van der Waals surface area contributed by atoms with Crippen LogP contribution < -0.4 is 5.32 Å². The van der Waals surface area contributed by atoms with Gasteiger partial charge in [-0.1, -0.05) is 25.1 Å². The second-order valence-corrected chi connectivity index (χ2v) is 8.80. The van der Waals surface area contributed by atoms with Gasteiger partial charge in [-0.25, -0.2) is 0 Å². The fraction of sp³-hybridized carbons (Fsp3) is 0.368. The maximum atomic E-state index is 12.5. The number of benzene rings is 1. The highest BCUT2D eigenvalue weighted by Crippen LogP contribution is 2.39. The minimum Gasteiger partial charge on any atom is -0.351 e. The van der Waals surface area contributed by atoms with E-state index in [9.17, 15) is 9.59 Å². The first-order chi connectivity index (χ1) is 12.1. The topological polar surface area (TPSA) is 49.4 Å². The molecule has 0 bridgehead atoms. The van der Waals surface area contributed by atoms with Gasteiger partial charge in [0.25, 0.3) is 5.91 Å². The van der Waals surface area contributed by atoms with E-state index in [-0.39, 0.29) is 17.7 Å². The van der Waals surface area contributed by atoms with Gasteiger partial charge in [0.15, 0.2) is 0 Å². The first kappa shape index (κ1) is 16.5. The van der Waals surface area contributed by atoms with Crippen LogP contribution in [-0.2, 0) is 4.79 Å². The zero-order valence-electron chi connectivity index (χ0n) is 14.1. The standard InChI is InChI=1S/C19H20N2O2S2/c1-12(11-21-8-4-7-17(21)22)10-20-19(23)16-9-15-18(25-16)13-5-2-3-6-14(13)24-15/h2-3,5-6,9,12H,4,7-8,10-11H2,1H3,(H,20,23)/t12-/m0/s1. The number of carbonyl (C=O) groups excluding carboxylic acids is 2. The van der Waals surface area contributed by atoms with E-state index in [0.717, 1.165) is 24.4 Å². The lowest BCUT2D eigenvalue weighted by Crippen LogP contribution is -2.35. The van der Waals surface area contributed by atoms with Gasteiger partial charge in [-0.2, -0.15) is 0 Å². The van der Waals surface area contributed by atoms with E-state index in [1.165, 1.54) is 19.5 Å². The Bertz CT molecular complexity index is 943. The number of carbonyl (C=O) groups is 2. The van der Waals surface area contributed by atoms with Crippen molar-refractivity contribution in [2.75, 3.05) is 19.6 Å². The van der Waals surface area contributed by atoms with Crippen LogP contribution >= 0.6 is 22.7 Å². The monoisotopic (exact) mass is 372 g/mol. The van der Waals surface area contributed by atoms with Gasteiger partial charge >= 0.3 is 0 Å². The van der Waals surface area contributed by atoms with Crippen LogP contribution in [0.15, 0.2) is 30.3 Å². The molecule has 0 aliphatic carbocycles. The van der Waals surface area contributed by atoms with Crippen molar-refractivity contribution < 1.29 is 9.59 Å². The van der Waals surface area contributed by atoms with Crippen molar-refractivity contribution in [3.63, 3.8) is 0 Å². The van der Waals surface area contributed by atoms with Gasteiger partial charge in [-0.15, -0.1) is 22.7 Å². The number of likely N-dealkylation sites (tertiary alicyclic amines) is 1. The van der Waals surface area contributed by atoms with Gasteiger partial charge in [-0.05, 0) is 24.5 Å². The van der Waals surface area contributed by atoms with Crippen LogP contribution in [-0.4, -0.2) is 36.3 Å². The number of thiophene rings is 2. The second-order valence-electron chi connectivity index (χ2n) is 6.66. The van der Waals surface area contributed by atoms with Crippen molar-refractivity contribution in [1.82, 2.24) is 10.2 Å². The van der Waals surface area contributed by atoms with Crippen molar-refractivity contribution in [3.8, 4) is 0 Å². The summed E-state index contributed by atoms with van der Waals surface area (Å²) in [6.07, 6.45) is 1.62. The quantitative estimate of drug-likeness (QED) is 0.733. The first-order valence-electron chi connectivity index (χ1n) is 8.59. The summed E-state index contributed by atoms with van der Waals surface area (Å²) in [6, 6.07) is 10.3. The summed E-state index contributed by atoms with van der Waals surface area (Å²) in [5.41, 5.74) is 0. The molecule has 130 valence electrons. The number of nitrogens with one attached hydrogen (secondary N) is 1. The molecule has 0 saturated carbocycles. The van der Waals surface area contributed by atoms with Gasteiger partial charge in [0.2, 0.25) is 5.91 Å². The summed E-state index contributed by atoms with van der Waals surface area (Å²) < 4.78 is 3.63. The Labute approximate surface area is 154 Å². The zero-order chi connectivity index (χ0) is 17.4. The Balaban J connectivity index is 1.40. The maximum absolute atomic E-state index is 12.5. The Kier molecular flexibility index (Phi) is 4.48. The molecule has 1 saturated heterocycles. The number of amides is 2. The molecule has 25 heavy (non-hydrogen) atoms. The fourth-order valence-electron chi connectivity index (χ4n) is 3.30. The van der Waals surface area contributed by atoms with E-state index in [1.54, 1.807) is 22.7 Å². The smallest absolute Gasteiger partial charge is 0.261 e. The highest BCUT2D eigenvalue weighted by atomic mass is 32.1. The van der Waals surface area contributed by atoms with Gasteiger partial charge in [0.05, 0.1) is 9.58 Å². The molecule has 0 unspecified atom stereocenters. The van der Waals surface area contributed by atoms with Crippen molar-refractivity contribution in [3.05, 3.63) is 35.2 Å². The Morgan fingerprint density at radius 3 is 2.92 bits per heavy atom. The van der Waals surface area contributed by atoms with Gasteiger partial charge in [-0.3, -0.25) is 9.59 Å². The van der Waals surface area contributed by atoms with Gasteiger partial charge < -0.3 is 10.2 Å². The molecule has 3 aromatic rings. The molecule has 1 aliphatic rings. The van der Waals surface area contributed by atoms with Crippen molar-refractivity contribution in [2.24, 2.45) is 5.92 Å². The molecule has 1 aromatic carbocycles. The van der Waals surface area contributed by atoms with Crippen LogP contribution in [0, 0.1) is 5.92 Å². The average molecular weight is 373 g/mol. The Morgan fingerprint density at radius 1 is 1.28 bits per heavy atom. The molecule has 1 aliphatic heterocycles. The Morgan fingerprint density at radius 2 is 2.12 bits per heavy atom.